The number of benzene rings is 1. The van der Waals surface area contributed by atoms with E-state index < -0.39 is 0 Å². The summed E-state index contributed by atoms with van der Waals surface area (Å²) in [6.45, 7) is 7.65. The van der Waals surface area contributed by atoms with Gasteiger partial charge in [0, 0.05) is 31.2 Å². The van der Waals surface area contributed by atoms with E-state index in [1.807, 2.05) is 12.1 Å². The molecule has 1 aromatic carbocycles. The quantitative estimate of drug-likeness (QED) is 0.909. The van der Waals surface area contributed by atoms with E-state index >= 15 is 0 Å². The molecule has 2 aliphatic rings. The largest absolute Gasteiger partial charge is 0.308 e. The Morgan fingerprint density at radius 3 is 2.80 bits per heavy atom. The van der Waals surface area contributed by atoms with Crippen molar-refractivity contribution < 1.29 is 0 Å². The average molecular weight is 313 g/mol. The van der Waals surface area contributed by atoms with Crippen molar-refractivity contribution in [1.82, 2.24) is 10.2 Å². The fourth-order valence-corrected chi connectivity index (χ4v) is 3.62. The normalized spacial score (nSPS) is 31.5. The highest BCUT2D eigenvalue weighted by Crippen LogP contribution is 2.41. The lowest BCUT2D eigenvalue weighted by Gasteiger charge is -2.45. The highest BCUT2D eigenvalue weighted by atomic mass is 35.5. The van der Waals surface area contributed by atoms with Crippen molar-refractivity contribution >= 4 is 23.2 Å². The zero-order valence-corrected chi connectivity index (χ0v) is 13.6. The first-order valence-corrected chi connectivity index (χ1v) is 8.17. The molecule has 0 radical (unpaired) electrons. The van der Waals surface area contributed by atoms with Gasteiger partial charge < -0.3 is 5.32 Å². The summed E-state index contributed by atoms with van der Waals surface area (Å²) in [4.78, 5) is 2.53. The van der Waals surface area contributed by atoms with Crippen LogP contribution in [0.3, 0.4) is 0 Å². The maximum absolute atomic E-state index is 6.33. The molecular formula is C16H22Cl2N2. The van der Waals surface area contributed by atoms with Crippen molar-refractivity contribution in [2.45, 2.75) is 44.8 Å². The van der Waals surface area contributed by atoms with Gasteiger partial charge in [0.25, 0.3) is 0 Å². The van der Waals surface area contributed by atoms with Crippen LogP contribution < -0.4 is 5.32 Å². The Balaban J connectivity index is 1.76. The van der Waals surface area contributed by atoms with Crippen LogP contribution in [0.15, 0.2) is 18.2 Å². The topological polar surface area (TPSA) is 15.3 Å². The number of rotatable bonds is 3. The maximum atomic E-state index is 6.33. The number of hydrogen-bond acceptors (Lipinski definition) is 2. The van der Waals surface area contributed by atoms with Gasteiger partial charge in [-0.1, -0.05) is 35.3 Å². The third-order valence-electron chi connectivity index (χ3n) is 4.84. The van der Waals surface area contributed by atoms with Gasteiger partial charge in [0.2, 0.25) is 0 Å². The molecule has 2 unspecified atom stereocenters. The second-order valence-corrected chi connectivity index (χ2v) is 7.32. The molecule has 1 aliphatic heterocycles. The van der Waals surface area contributed by atoms with Gasteiger partial charge >= 0.3 is 0 Å². The van der Waals surface area contributed by atoms with Gasteiger partial charge in [-0.2, -0.15) is 0 Å². The molecule has 0 bridgehead atoms. The summed E-state index contributed by atoms with van der Waals surface area (Å²) in [5.74, 6) is 0.840. The molecule has 4 heteroatoms. The Bertz CT molecular complexity index is 501. The monoisotopic (exact) mass is 312 g/mol. The molecule has 2 atom stereocenters. The van der Waals surface area contributed by atoms with Crippen LogP contribution in [0, 0.1) is 5.92 Å². The molecule has 20 heavy (non-hydrogen) atoms. The van der Waals surface area contributed by atoms with Crippen molar-refractivity contribution in [2.75, 3.05) is 13.1 Å². The number of halogens is 2. The molecule has 0 aromatic heterocycles. The van der Waals surface area contributed by atoms with Crippen LogP contribution in [-0.4, -0.2) is 29.6 Å². The molecule has 1 aromatic rings. The molecule has 2 fully saturated rings. The van der Waals surface area contributed by atoms with Crippen molar-refractivity contribution in [2.24, 2.45) is 5.92 Å². The number of nitrogens with zero attached hydrogens (tertiary/aromatic N) is 1. The third kappa shape index (κ3) is 2.85. The molecule has 0 spiro atoms. The Kier molecular flexibility index (Phi) is 4.02. The number of hydrogen-bond donors (Lipinski definition) is 1. The summed E-state index contributed by atoms with van der Waals surface area (Å²) in [7, 11) is 0. The van der Waals surface area contributed by atoms with E-state index in [0.29, 0.717) is 16.1 Å². The van der Waals surface area contributed by atoms with Crippen LogP contribution in [0.2, 0.25) is 10.0 Å². The lowest BCUT2D eigenvalue weighted by molar-refractivity contribution is 0.0770. The highest BCUT2D eigenvalue weighted by Gasteiger charge is 2.45. The summed E-state index contributed by atoms with van der Waals surface area (Å²) >= 11 is 12.5. The first kappa shape index (κ1) is 14.6. The van der Waals surface area contributed by atoms with Crippen molar-refractivity contribution in [1.29, 1.82) is 0 Å². The van der Waals surface area contributed by atoms with E-state index in [9.17, 15) is 0 Å². The van der Waals surface area contributed by atoms with Gasteiger partial charge in [0.15, 0.2) is 0 Å². The highest BCUT2D eigenvalue weighted by molar-refractivity contribution is 6.42. The molecule has 1 N–H and O–H groups in total. The van der Waals surface area contributed by atoms with E-state index in [2.05, 4.69) is 30.1 Å². The average Bonchev–Trinajstić information content (AvgIpc) is 3.24. The van der Waals surface area contributed by atoms with E-state index in [1.165, 1.54) is 12.8 Å². The lowest BCUT2D eigenvalue weighted by Crippen LogP contribution is -2.62. The molecule has 1 aliphatic carbocycles. The molecule has 3 rings (SSSR count). The molecule has 0 amide bonds. The summed E-state index contributed by atoms with van der Waals surface area (Å²) in [6, 6.07) is 6.44. The maximum Gasteiger partial charge on any atom is 0.0637 e. The number of piperazine rings is 1. The first-order valence-electron chi connectivity index (χ1n) is 7.41. The summed E-state index contributed by atoms with van der Waals surface area (Å²) < 4.78 is 0. The van der Waals surface area contributed by atoms with Gasteiger partial charge in [-0.25, -0.2) is 0 Å². The number of nitrogens with one attached hydrogen (secondary N) is 1. The van der Waals surface area contributed by atoms with Crippen LogP contribution in [0.4, 0.5) is 0 Å². The van der Waals surface area contributed by atoms with Crippen LogP contribution in [0.1, 0.15) is 32.3 Å². The van der Waals surface area contributed by atoms with E-state index in [-0.39, 0.29) is 5.54 Å². The van der Waals surface area contributed by atoms with Gasteiger partial charge in [0.05, 0.1) is 10.0 Å². The molecule has 1 saturated heterocycles. The Morgan fingerprint density at radius 2 is 2.10 bits per heavy atom. The van der Waals surface area contributed by atoms with Gasteiger partial charge in [-0.15, -0.1) is 0 Å². The minimum absolute atomic E-state index is 0.261. The van der Waals surface area contributed by atoms with E-state index in [0.717, 1.165) is 31.1 Å². The Labute approximate surface area is 131 Å². The molecule has 110 valence electrons. The van der Waals surface area contributed by atoms with Crippen LogP contribution >= 0.6 is 23.2 Å². The fourth-order valence-electron chi connectivity index (χ4n) is 3.24. The minimum atomic E-state index is 0.261. The molecule has 2 nitrogen and oxygen atoms in total. The predicted molar refractivity (Wildman–Crippen MR) is 85.5 cm³/mol. The first-order chi connectivity index (χ1) is 9.49. The standard InChI is InChI=1S/C16H22Cl2N2/c1-11-8-19-16(2,13-6-7-13)10-20(11)9-12-4-3-5-14(17)15(12)18/h3-5,11,13,19H,6-10H2,1-2H3. The second-order valence-electron chi connectivity index (χ2n) is 6.54. The van der Waals surface area contributed by atoms with Crippen molar-refractivity contribution in [3.63, 3.8) is 0 Å². The fraction of sp³-hybridized carbons (Fsp3) is 0.625. The SMILES string of the molecule is CC1CNC(C)(C2CC2)CN1Cc1cccc(Cl)c1Cl. The minimum Gasteiger partial charge on any atom is -0.308 e. The zero-order valence-electron chi connectivity index (χ0n) is 12.1. The second kappa shape index (κ2) is 5.49. The van der Waals surface area contributed by atoms with E-state index in [1.54, 1.807) is 0 Å². The summed E-state index contributed by atoms with van der Waals surface area (Å²) in [6.07, 6.45) is 2.73. The lowest BCUT2D eigenvalue weighted by atomic mass is 9.91. The van der Waals surface area contributed by atoms with Crippen LogP contribution in [0.25, 0.3) is 0 Å². The Hall–Kier alpha value is -0.280. The summed E-state index contributed by atoms with van der Waals surface area (Å²) in [5.41, 5.74) is 1.39. The van der Waals surface area contributed by atoms with Gasteiger partial charge in [0.1, 0.15) is 0 Å². The predicted octanol–water partition coefficient (Wildman–Crippen LogP) is 3.96. The van der Waals surface area contributed by atoms with Gasteiger partial charge in [-0.05, 0) is 44.2 Å². The zero-order chi connectivity index (χ0) is 14.3. The molecular weight excluding hydrogens is 291 g/mol. The smallest absolute Gasteiger partial charge is 0.0637 e. The third-order valence-corrected chi connectivity index (χ3v) is 5.70. The van der Waals surface area contributed by atoms with Gasteiger partial charge in [-0.3, -0.25) is 4.90 Å². The summed E-state index contributed by atoms with van der Waals surface area (Å²) in [5, 5.41) is 5.10. The molecule has 1 heterocycles. The van der Waals surface area contributed by atoms with Crippen LogP contribution in [-0.2, 0) is 6.54 Å². The Morgan fingerprint density at radius 1 is 1.35 bits per heavy atom. The van der Waals surface area contributed by atoms with Crippen molar-refractivity contribution in [3.8, 4) is 0 Å². The van der Waals surface area contributed by atoms with Crippen molar-refractivity contribution in [3.05, 3.63) is 33.8 Å². The molecule has 1 saturated carbocycles. The van der Waals surface area contributed by atoms with Crippen LogP contribution in [0.5, 0.6) is 0 Å². The van der Waals surface area contributed by atoms with E-state index in [4.69, 9.17) is 23.2 Å².